The largest absolute Gasteiger partial charge is 0.396 e. The standard InChI is InChI=1S/C15H17F4NO2/c1-8(7-20-15(2,3)4-5-21)14(22)9-6-10(16)12(18)13(19)11(9)17/h6,20-21H,1,4-5,7H2,2-3H3. The summed E-state index contributed by atoms with van der Waals surface area (Å²) in [6.45, 7) is 6.81. The molecule has 0 heterocycles. The molecular weight excluding hydrogens is 302 g/mol. The molecule has 0 saturated heterocycles. The fourth-order valence-corrected chi connectivity index (χ4v) is 1.72. The molecule has 0 aromatic heterocycles. The maximum atomic E-state index is 13.6. The van der Waals surface area contributed by atoms with Gasteiger partial charge in [-0.15, -0.1) is 0 Å². The van der Waals surface area contributed by atoms with Crippen molar-refractivity contribution in [1.82, 2.24) is 5.32 Å². The van der Waals surface area contributed by atoms with Crippen LogP contribution < -0.4 is 5.32 Å². The van der Waals surface area contributed by atoms with Crippen molar-refractivity contribution >= 4 is 5.78 Å². The minimum absolute atomic E-state index is 0.0775. The molecule has 0 aliphatic carbocycles. The van der Waals surface area contributed by atoms with Crippen LogP contribution in [0.5, 0.6) is 0 Å². The van der Waals surface area contributed by atoms with Gasteiger partial charge in [0.2, 0.25) is 0 Å². The average Bonchev–Trinajstić information content (AvgIpc) is 2.45. The summed E-state index contributed by atoms with van der Waals surface area (Å²) in [7, 11) is 0. The number of rotatable bonds is 7. The number of benzene rings is 1. The van der Waals surface area contributed by atoms with Gasteiger partial charge in [-0.1, -0.05) is 6.58 Å². The van der Waals surface area contributed by atoms with Crippen LogP contribution in [0.3, 0.4) is 0 Å². The molecule has 3 nitrogen and oxygen atoms in total. The first-order chi connectivity index (χ1) is 10.1. The maximum Gasteiger partial charge on any atom is 0.198 e. The van der Waals surface area contributed by atoms with E-state index < -0.39 is 40.2 Å². The first kappa shape index (κ1) is 18.3. The number of halogens is 4. The summed E-state index contributed by atoms with van der Waals surface area (Å²) in [4.78, 5) is 12.0. The van der Waals surface area contributed by atoms with Crippen molar-refractivity contribution in [2.24, 2.45) is 0 Å². The summed E-state index contributed by atoms with van der Waals surface area (Å²) in [6, 6.07) is 0.306. The Morgan fingerprint density at radius 1 is 1.23 bits per heavy atom. The number of aliphatic hydroxyl groups excluding tert-OH is 1. The quantitative estimate of drug-likeness (QED) is 0.267. The molecule has 0 saturated carbocycles. The van der Waals surface area contributed by atoms with E-state index >= 15 is 0 Å². The molecule has 0 aliphatic rings. The summed E-state index contributed by atoms with van der Waals surface area (Å²) >= 11 is 0. The predicted molar refractivity (Wildman–Crippen MR) is 73.5 cm³/mol. The van der Waals surface area contributed by atoms with Crippen LogP contribution in [0.2, 0.25) is 0 Å². The van der Waals surface area contributed by atoms with Crippen molar-refractivity contribution < 1.29 is 27.5 Å². The Kier molecular flexibility index (Phi) is 5.85. The van der Waals surface area contributed by atoms with Gasteiger partial charge in [0, 0.05) is 24.3 Å². The van der Waals surface area contributed by atoms with Crippen LogP contribution in [0, 0.1) is 23.3 Å². The Labute approximate surface area is 125 Å². The van der Waals surface area contributed by atoms with E-state index in [-0.39, 0.29) is 18.7 Å². The summed E-state index contributed by atoms with van der Waals surface area (Å²) in [5.41, 5.74) is -1.58. The minimum atomic E-state index is -2.04. The Morgan fingerprint density at radius 2 is 1.82 bits per heavy atom. The number of carbonyl (C=O) groups is 1. The van der Waals surface area contributed by atoms with E-state index in [4.69, 9.17) is 5.11 Å². The first-order valence-electron chi connectivity index (χ1n) is 6.52. The Balaban J connectivity index is 2.91. The molecule has 1 rings (SSSR count). The van der Waals surface area contributed by atoms with E-state index in [1.165, 1.54) is 0 Å². The van der Waals surface area contributed by atoms with Crippen LogP contribution in [0.25, 0.3) is 0 Å². The second kappa shape index (κ2) is 7.02. The number of aliphatic hydroxyl groups is 1. The van der Waals surface area contributed by atoms with Crippen LogP contribution in [0.1, 0.15) is 30.6 Å². The summed E-state index contributed by atoms with van der Waals surface area (Å²) < 4.78 is 52.7. The van der Waals surface area contributed by atoms with Crippen molar-refractivity contribution in [1.29, 1.82) is 0 Å². The van der Waals surface area contributed by atoms with Gasteiger partial charge in [0.05, 0.1) is 5.56 Å². The summed E-state index contributed by atoms with van der Waals surface area (Å²) in [5, 5.41) is 11.8. The van der Waals surface area contributed by atoms with Gasteiger partial charge < -0.3 is 10.4 Å². The van der Waals surface area contributed by atoms with Crippen LogP contribution in [0.15, 0.2) is 18.2 Å². The monoisotopic (exact) mass is 319 g/mol. The zero-order chi connectivity index (χ0) is 17.1. The molecule has 0 bridgehead atoms. The molecule has 22 heavy (non-hydrogen) atoms. The molecule has 2 N–H and O–H groups in total. The number of Topliss-reactive ketones (excluding diaryl/α,β-unsaturated/α-hetero) is 1. The van der Waals surface area contributed by atoms with Crippen molar-refractivity contribution in [3.8, 4) is 0 Å². The number of hydrogen-bond acceptors (Lipinski definition) is 3. The third-order valence-corrected chi connectivity index (χ3v) is 3.19. The van der Waals surface area contributed by atoms with E-state index in [1.54, 1.807) is 13.8 Å². The lowest BCUT2D eigenvalue weighted by molar-refractivity contribution is 0.102. The molecule has 0 radical (unpaired) electrons. The topological polar surface area (TPSA) is 49.3 Å². The van der Waals surface area contributed by atoms with Crippen molar-refractivity contribution in [2.75, 3.05) is 13.2 Å². The van der Waals surface area contributed by atoms with E-state index in [9.17, 15) is 22.4 Å². The maximum absolute atomic E-state index is 13.6. The van der Waals surface area contributed by atoms with Crippen LogP contribution >= 0.6 is 0 Å². The van der Waals surface area contributed by atoms with Crippen molar-refractivity contribution in [3.63, 3.8) is 0 Å². The Hall–Kier alpha value is -1.73. The van der Waals surface area contributed by atoms with E-state index in [2.05, 4.69) is 11.9 Å². The number of carbonyl (C=O) groups excluding carboxylic acids is 1. The molecule has 0 unspecified atom stereocenters. The minimum Gasteiger partial charge on any atom is -0.396 e. The lowest BCUT2D eigenvalue weighted by Gasteiger charge is -2.25. The normalized spacial score (nSPS) is 11.6. The van der Waals surface area contributed by atoms with Gasteiger partial charge in [0.25, 0.3) is 0 Å². The second-order valence-corrected chi connectivity index (χ2v) is 5.49. The zero-order valence-corrected chi connectivity index (χ0v) is 12.3. The zero-order valence-electron chi connectivity index (χ0n) is 12.3. The van der Waals surface area contributed by atoms with Gasteiger partial charge >= 0.3 is 0 Å². The second-order valence-electron chi connectivity index (χ2n) is 5.49. The van der Waals surface area contributed by atoms with E-state index in [0.29, 0.717) is 12.5 Å². The van der Waals surface area contributed by atoms with E-state index in [1.807, 2.05) is 0 Å². The highest BCUT2D eigenvalue weighted by atomic mass is 19.2. The molecule has 0 amide bonds. The molecule has 1 aromatic carbocycles. The molecular formula is C15H17F4NO2. The number of ketones is 1. The first-order valence-corrected chi connectivity index (χ1v) is 6.52. The van der Waals surface area contributed by atoms with Crippen LogP contribution in [-0.4, -0.2) is 29.6 Å². The lowest BCUT2D eigenvalue weighted by Crippen LogP contribution is -2.41. The summed E-state index contributed by atoms with van der Waals surface area (Å²) in [6.07, 6.45) is 0.392. The molecule has 0 aliphatic heterocycles. The SMILES string of the molecule is C=C(CNC(C)(C)CCO)C(=O)c1cc(F)c(F)c(F)c1F. The Morgan fingerprint density at radius 3 is 2.36 bits per heavy atom. The third-order valence-electron chi connectivity index (χ3n) is 3.19. The third kappa shape index (κ3) is 4.14. The van der Waals surface area contributed by atoms with Crippen LogP contribution in [-0.2, 0) is 0 Å². The molecule has 122 valence electrons. The molecule has 0 spiro atoms. The van der Waals surface area contributed by atoms with Gasteiger partial charge in [-0.05, 0) is 26.3 Å². The van der Waals surface area contributed by atoms with Crippen molar-refractivity contribution in [2.45, 2.75) is 25.8 Å². The number of hydrogen-bond donors (Lipinski definition) is 2. The Bertz CT molecular complexity index is 600. The average molecular weight is 319 g/mol. The highest BCUT2D eigenvalue weighted by Crippen LogP contribution is 2.21. The fraction of sp³-hybridized carbons (Fsp3) is 0.400. The molecule has 0 fully saturated rings. The highest BCUT2D eigenvalue weighted by molar-refractivity contribution is 6.08. The smallest absolute Gasteiger partial charge is 0.198 e. The van der Waals surface area contributed by atoms with Gasteiger partial charge in [-0.2, -0.15) is 0 Å². The molecule has 0 atom stereocenters. The van der Waals surface area contributed by atoms with Gasteiger partial charge in [-0.3, -0.25) is 4.79 Å². The van der Waals surface area contributed by atoms with E-state index in [0.717, 1.165) is 0 Å². The lowest BCUT2D eigenvalue weighted by atomic mass is 9.99. The highest BCUT2D eigenvalue weighted by Gasteiger charge is 2.25. The molecule has 7 heteroatoms. The van der Waals surface area contributed by atoms with Gasteiger partial charge in [0.1, 0.15) is 0 Å². The molecule has 1 aromatic rings. The fourth-order valence-electron chi connectivity index (χ4n) is 1.72. The number of nitrogens with one attached hydrogen (secondary N) is 1. The van der Waals surface area contributed by atoms with Crippen LogP contribution in [0.4, 0.5) is 17.6 Å². The summed E-state index contributed by atoms with van der Waals surface area (Å²) in [5.74, 6) is -8.43. The van der Waals surface area contributed by atoms with Gasteiger partial charge in [0.15, 0.2) is 29.1 Å². The van der Waals surface area contributed by atoms with Gasteiger partial charge in [-0.25, -0.2) is 17.6 Å². The van der Waals surface area contributed by atoms with Crippen molar-refractivity contribution in [3.05, 3.63) is 47.1 Å². The predicted octanol–water partition coefficient (Wildman–Crippen LogP) is 2.73.